The summed E-state index contributed by atoms with van der Waals surface area (Å²) in [7, 11) is 0. The van der Waals surface area contributed by atoms with Gasteiger partial charge in [-0.05, 0) is 13.0 Å². The lowest BCUT2D eigenvalue weighted by atomic mass is 10.2. The number of aliphatic hydroxyl groups is 1. The average molecular weight is 197 g/mol. The number of hydrogen-bond acceptors (Lipinski definition) is 2. The van der Waals surface area contributed by atoms with Crippen LogP contribution in [0.15, 0.2) is 6.07 Å². The summed E-state index contributed by atoms with van der Waals surface area (Å²) in [5.41, 5.74) is 0.705. The summed E-state index contributed by atoms with van der Waals surface area (Å²) in [5, 5.41) is 9.08. The molecule has 0 bridgehead atoms. The van der Waals surface area contributed by atoms with Crippen molar-refractivity contribution in [3.8, 4) is 0 Å². The molecule has 0 saturated carbocycles. The molecular weight excluding hydrogens is 191 g/mol. The van der Waals surface area contributed by atoms with E-state index in [1.807, 2.05) is 0 Å². The predicted octanol–water partition coefficient (Wildman–Crippen LogP) is 3.11. The fourth-order valence-electron chi connectivity index (χ4n) is 0.638. The third-order valence-corrected chi connectivity index (χ3v) is 2.65. The first-order valence-corrected chi connectivity index (χ1v) is 4.31. The minimum atomic E-state index is -0.531. The molecule has 1 aromatic heterocycles. The highest BCUT2D eigenvalue weighted by atomic mass is 35.5. The lowest BCUT2D eigenvalue weighted by Crippen LogP contribution is -1.86. The minimum absolute atomic E-state index is 0.531. The lowest BCUT2D eigenvalue weighted by Gasteiger charge is -1.98. The minimum Gasteiger partial charge on any atom is -0.389 e. The van der Waals surface area contributed by atoms with Crippen LogP contribution in [-0.4, -0.2) is 5.11 Å². The van der Waals surface area contributed by atoms with E-state index in [4.69, 9.17) is 28.3 Å². The predicted molar refractivity (Wildman–Crippen MR) is 45.0 cm³/mol. The monoisotopic (exact) mass is 196 g/mol. The summed E-state index contributed by atoms with van der Waals surface area (Å²) in [4.78, 5) is 0. The van der Waals surface area contributed by atoms with Gasteiger partial charge >= 0.3 is 0 Å². The van der Waals surface area contributed by atoms with E-state index in [1.165, 1.54) is 11.3 Å². The van der Waals surface area contributed by atoms with Crippen molar-refractivity contribution in [3.05, 3.63) is 20.3 Å². The Labute approximate surface area is 73.2 Å². The highest BCUT2D eigenvalue weighted by Crippen LogP contribution is 2.34. The summed E-state index contributed by atoms with van der Waals surface area (Å²) in [6.07, 6.45) is -0.531. The first-order chi connectivity index (χ1) is 4.61. The second kappa shape index (κ2) is 3.09. The van der Waals surface area contributed by atoms with Gasteiger partial charge in [-0.15, -0.1) is 11.3 Å². The maximum absolute atomic E-state index is 9.08. The molecule has 10 heavy (non-hydrogen) atoms. The maximum Gasteiger partial charge on any atom is 0.100 e. The summed E-state index contributed by atoms with van der Waals surface area (Å²) >= 11 is 12.6. The van der Waals surface area contributed by atoms with Gasteiger partial charge in [0.15, 0.2) is 0 Å². The van der Waals surface area contributed by atoms with Crippen molar-refractivity contribution in [2.75, 3.05) is 0 Å². The number of aliphatic hydroxyl groups excluding tert-OH is 1. The number of rotatable bonds is 1. The molecule has 1 aromatic rings. The quantitative estimate of drug-likeness (QED) is 0.733. The van der Waals surface area contributed by atoms with Gasteiger partial charge in [-0.25, -0.2) is 0 Å². The van der Waals surface area contributed by atoms with Gasteiger partial charge in [0.1, 0.15) is 4.34 Å². The molecule has 0 saturated heterocycles. The summed E-state index contributed by atoms with van der Waals surface area (Å²) < 4.78 is 1.18. The molecule has 0 aromatic carbocycles. The van der Waals surface area contributed by atoms with Crippen LogP contribution in [0.2, 0.25) is 8.67 Å². The lowest BCUT2D eigenvalue weighted by molar-refractivity contribution is 0.200. The van der Waals surface area contributed by atoms with Crippen molar-refractivity contribution in [2.24, 2.45) is 0 Å². The zero-order valence-electron chi connectivity index (χ0n) is 5.27. The van der Waals surface area contributed by atoms with Crippen molar-refractivity contribution in [3.63, 3.8) is 0 Å². The topological polar surface area (TPSA) is 20.2 Å². The van der Waals surface area contributed by atoms with Crippen molar-refractivity contribution in [2.45, 2.75) is 13.0 Å². The Hall–Kier alpha value is 0.240. The molecule has 1 heterocycles. The molecule has 1 unspecified atom stereocenters. The van der Waals surface area contributed by atoms with E-state index in [-0.39, 0.29) is 0 Å². The average Bonchev–Trinajstić information content (AvgIpc) is 2.10. The van der Waals surface area contributed by atoms with Gasteiger partial charge in [-0.2, -0.15) is 0 Å². The van der Waals surface area contributed by atoms with Crippen LogP contribution in [-0.2, 0) is 0 Å². The third kappa shape index (κ3) is 1.64. The SMILES string of the molecule is CC(O)c1cc(Cl)sc1Cl. The molecule has 56 valence electrons. The van der Waals surface area contributed by atoms with Crippen LogP contribution in [0.3, 0.4) is 0 Å². The molecule has 0 amide bonds. The molecular formula is C6H6Cl2OS. The molecule has 1 nitrogen and oxygen atoms in total. The van der Waals surface area contributed by atoms with E-state index in [2.05, 4.69) is 0 Å². The first-order valence-electron chi connectivity index (χ1n) is 2.74. The van der Waals surface area contributed by atoms with Gasteiger partial charge in [0.05, 0.1) is 10.4 Å². The van der Waals surface area contributed by atoms with Gasteiger partial charge in [-0.3, -0.25) is 0 Å². The Kier molecular flexibility index (Phi) is 2.58. The van der Waals surface area contributed by atoms with E-state index in [1.54, 1.807) is 13.0 Å². The highest BCUT2D eigenvalue weighted by molar-refractivity contribution is 7.20. The largest absolute Gasteiger partial charge is 0.389 e. The van der Waals surface area contributed by atoms with Gasteiger partial charge in [0, 0.05) is 5.56 Å². The van der Waals surface area contributed by atoms with Crippen LogP contribution < -0.4 is 0 Å². The van der Waals surface area contributed by atoms with Gasteiger partial charge in [-0.1, -0.05) is 23.2 Å². The molecule has 0 fully saturated rings. The zero-order chi connectivity index (χ0) is 7.72. The van der Waals surface area contributed by atoms with E-state index >= 15 is 0 Å². The number of halogens is 2. The molecule has 0 radical (unpaired) electrons. The standard InChI is InChI=1S/C6H6Cl2OS/c1-3(9)4-2-5(7)10-6(4)8/h2-3,9H,1H3. The Morgan fingerprint density at radius 3 is 2.40 bits per heavy atom. The van der Waals surface area contributed by atoms with Gasteiger partial charge in [0.25, 0.3) is 0 Å². The third-order valence-electron chi connectivity index (χ3n) is 1.13. The summed E-state index contributed by atoms with van der Waals surface area (Å²) in [5.74, 6) is 0. The molecule has 1 N–H and O–H groups in total. The molecule has 0 aliphatic heterocycles. The molecule has 0 aliphatic rings. The van der Waals surface area contributed by atoms with Crippen LogP contribution >= 0.6 is 34.5 Å². The second-order valence-electron chi connectivity index (χ2n) is 1.96. The highest BCUT2D eigenvalue weighted by Gasteiger charge is 2.09. The Morgan fingerprint density at radius 1 is 1.60 bits per heavy atom. The van der Waals surface area contributed by atoms with Crippen LogP contribution in [0, 0.1) is 0 Å². The fraction of sp³-hybridized carbons (Fsp3) is 0.333. The van der Waals surface area contributed by atoms with E-state index < -0.39 is 6.10 Å². The number of thiophene rings is 1. The van der Waals surface area contributed by atoms with E-state index in [0.29, 0.717) is 14.2 Å². The second-order valence-corrected chi connectivity index (χ2v) is 4.24. The first kappa shape index (κ1) is 8.34. The van der Waals surface area contributed by atoms with Gasteiger partial charge in [0.2, 0.25) is 0 Å². The Morgan fingerprint density at radius 2 is 2.20 bits per heavy atom. The van der Waals surface area contributed by atoms with Crippen molar-refractivity contribution in [1.82, 2.24) is 0 Å². The normalized spacial score (nSPS) is 13.6. The van der Waals surface area contributed by atoms with Crippen molar-refractivity contribution < 1.29 is 5.11 Å². The maximum atomic E-state index is 9.08. The molecule has 0 spiro atoms. The number of hydrogen-bond donors (Lipinski definition) is 1. The van der Waals surface area contributed by atoms with Gasteiger partial charge < -0.3 is 5.11 Å². The smallest absolute Gasteiger partial charge is 0.100 e. The molecule has 0 aliphatic carbocycles. The van der Waals surface area contributed by atoms with E-state index in [0.717, 1.165) is 0 Å². The van der Waals surface area contributed by atoms with Crippen LogP contribution in [0.25, 0.3) is 0 Å². The Balaban J connectivity index is 3.03. The molecule has 4 heteroatoms. The summed E-state index contributed by atoms with van der Waals surface area (Å²) in [6, 6.07) is 1.68. The van der Waals surface area contributed by atoms with Crippen molar-refractivity contribution >= 4 is 34.5 Å². The Bertz CT molecular complexity index is 232. The van der Waals surface area contributed by atoms with Crippen LogP contribution in [0.5, 0.6) is 0 Å². The van der Waals surface area contributed by atoms with E-state index in [9.17, 15) is 0 Å². The zero-order valence-corrected chi connectivity index (χ0v) is 7.59. The fourth-order valence-corrected chi connectivity index (χ4v) is 2.27. The summed E-state index contributed by atoms with van der Waals surface area (Å²) in [6.45, 7) is 1.66. The molecule has 1 rings (SSSR count). The van der Waals surface area contributed by atoms with Crippen LogP contribution in [0.1, 0.15) is 18.6 Å². The van der Waals surface area contributed by atoms with Crippen LogP contribution in [0.4, 0.5) is 0 Å². The molecule has 1 atom stereocenters. The van der Waals surface area contributed by atoms with Crippen molar-refractivity contribution in [1.29, 1.82) is 0 Å².